The number of hydrogen-bond acceptors (Lipinski definition) is 2. The van der Waals surface area contributed by atoms with Crippen molar-refractivity contribution >= 4 is 11.0 Å². The molecule has 10 heteroatoms. The zero-order valence-corrected chi connectivity index (χ0v) is 13.3. The molecule has 0 radical (unpaired) electrons. The number of benzene rings is 1. The van der Waals surface area contributed by atoms with Crippen LogP contribution in [-0.4, -0.2) is 34.0 Å². The molecular weight excluding hydrogens is 358 g/mol. The first-order chi connectivity index (χ1) is 10.9. The van der Waals surface area contributed by atoms with Gasteiger partial charge < -0.3 is 0 Å². The lowest BCUT2D eigenvalue weighted by Crippen LogP contribution is -2.41. The van der Waals surface area contributed by atoms with Crippen LogP contribution < -0.4 is 0 Å². The van der Waals surface area contributed by atoms with Crippen LogP contribution in [0.25, 0.3) is 0 Å². The third-order valence-electron chi connectivity index (χ3n) is 3.16. The van der Waals surface area contributed by atoms with Crippen LogP contribution in [0, 0.1) is 17.2 Å². The van der Waals surface area contributed by atoms with Crippen molar-refractivity contribution in [3.63, 3.8) is 0 Å². The molecule has 134 valence electrons. The number of hydrogen-bond donors (Lipinski definition) is 0. The van der Waals surface area contributed by atoms with Crippen LogP contribution in [0.15, 0.2) is 35.2 Å². The molecule has 0 aromatic heterocycles. The maximum Gasteiger partial charge on any atom is 0.389 e. The van der Waals surface area contributed by atoms with Gasteiger partial charge in [0, 0.05) is 25.8 Å². The van der Waals surface area contributed by atoms with E-state index in [1.807, 2.05) is 0 Å². The van der Waals surface area contributed by atoms with E-state index >= 15 is 0 Å². The van der Waals surface area contributed by atoms with Crippen molar-refractivity contribution < 1.29 is 30.6 Å². The van der Waals surface area contributed by atoms with Gasteiger partial charge in [0.1, 0.15) is 17.0 Å². The average Bonchev–Trinajstić information content (AvgIpc) is 2.44. The molecule has 0 N–H and O–H groups in total. The molecule has 0 saturated heterocycles. The summed E-state index contributed by atoms with van der Waals surface area (Å²) in [5.74, 6) is -2.08. The summed E-state index contributed by atoms with van der Waals surface area (Å²) < 4.78 is 88.6. The van der Waals surface area contributed by atoms with Crippen LogP contribution in [0.5, 0.6) is 0 Å². The lowest BCUT2D eigenvalue weighted by molar-refractivity contribution is -0.176. The SMILES string of the molecule is CN([C@H](C#N)C(CC(F)(F)F)CC(F)(F)F)S(=O)c1ccccc1. The molecule has 1 unspecified atom stereocenters. The van der Waals surface area contributed by atoms with Gasteiger partial charge in [-0.15, -0.1) is 0 Å². The number of halogens is 6. The fourth-order valence-corrected chi connectivity index (χ4v) is 3.33. The topological polar surface area (TPSA) is 44.1 Å². The summed E-state index contributed by atoms with van der Waals surface area (Å²) >= 11 is 0. The lowest BCUT2D eigenvalue weighted by Gasteiger charge is -2.30. The quantitative estimate of drug-likeness (QED) is 0.707. The molecule has 1 aromatic rings. The molecule has 0 fully saturated rings. The summed E-state index contributed by atoms with van der Waals surface area (Å²) in [6.07, 6.45) is -13.3. The molecule has 24 heavy (non-hydrogen) atoms. The highest BCUT2D eigenvalue weighted by Crippen LogP contribution is 2.36. The minimum absolute atomic E-state index is 0.179. The Morgan fingerprint density at radius 1 is 1.08 bits per heavy atom. The monoisotopic (exact) mass is 372 g/mol. The third-order valence-corrected chi connectivity index (χ3v) is 4.59. The van der Waals surface area contributed by atoms with Crippen LogP contribution >= 0.6 is 0 Å². The van der Waals surface area contributed by atoms with Crippen LogP contribution in [0.2, 0.25) is 0 Å². The zero-order valence-electron chi connectivity index (χ0n) is 12.4. The Morgan fingerprint density at radius 3 is 1.92 bits per heavy atom. The largest absolute Gasteiger partial charge is 0.389 e. The maximum atomic E-state index is 12.6. The fraction of sp³-hybridized carbons (Fsp3) is 0.500. The van der Waals surface area contributed by atoms with E-state index in [1.165, 1.54) is 30.3 Å². The van der Waals surface area contributed by atoms with Crippen molar-refractivity contribution in [1.29, 1.82) is 5.26 Å². The van der Waals surface area contributed by atoms with E-state index in [9.17, 15) is 30.6 Å². The Kier molecular flexibility index (Phi) is 6.80. The highest BCUT2D eigenvalue weighted by molar-refractivity contribution is 7.82. The van der Waals surface area contributed by atoms with Gasteiger partial charge in [-0.25, -0.2) is 8.51 Å². The predicted octanol–water partition coefficient (Wildman–Crippen LogP) is 4.05. The second-order valence-electron chi connectivity index (χ2n) is 5.08. The molecule has 0 saturated carbocycles. The number of nitriles is 1. The highest BCUT2D eigenvalue weighted by Gasteiger charge is 2.44. The predicted molar refractivity (Wildman–Crippen MR) is 74.8 cm³/mol. The smallest absolute Gasteiger partial charge is 0.237 e. The van der Waals surface area contributed by atoms with Crippen molar-refractivity contribution in [2.75, 3.05) is 7.05 Å². The molecular formula is C14H14F6N2OS. The van der Waals surface area contributed by atoms with E-state index in [2.05, 4.69) is 0 Å². The normalized spacial score (nSPS) is 15.3. The zero-order chi connectivity index (χ0) is 18.5. The Morgan fingerprint density at radius 2 is 1.54 bits per heavy atom. The van der Waals surface area contributed by atoms with Gasteiger partial charge in [0.05, 0.1) is 11.0 Å². The first kappa shape index (κ1) is 20.4. The molecule has 0 bridgehead atoms. The standard InChI is InChI=1S/C14H14F6N2OS/c1-22(24(23)11-5-3-2-4-6-11)12(9-21)10(7-13(15,16)17)8-14(18,19)20/h2-6,10,12H,7-8H2,1H3/t12-,24?/m1/s1. The second kappa shape index (κ2) is 7.98. The second-order valence-corrected chi connectivity index (χ2v) is 6.63. The molecule has 0 amide bonds. The van der Waals surface area contributed by atoms with Crippen molar-refractivity contribution in [3.05, 3.63) is 30.3 Å². The number of alkyl halides is 6. The summed E-state index contributed by atoms with van der Waals surface area (Å²) in [6.45, 7) is 0. The Bertz CT molecular complexity index is 580. The molecule has 3 nitrogen and oxygen atoms in total. The maximum absolute atomic E-state index is 12.6. The summed E-state index contributed by atoms with van der Waals surface area (Å²) in [7, 11) is -0.993. The van der Waals surface area contributed by atoms with Gasteiger partial charge >= 0.3 is 12.4 Å². The summed E-state index contributed by atoms with van der Waals surface area (Å²) in [4.78, 5) is 0.179. The molecule has 2 atom stereocenters. The van der Waals surface area contributed by atoms with Crippen molar-refractivity contribution in [2.45, 2.75) is 36.1 Å². The van der Waals surface area contributed by atoms with E-state index in [0.717, 1.165) is 11.4 Å². The van der Waals surface area contributed by atoms with E-state index in [4.69, 9.17) is 5.26 Å². The first-order valence-electron chi connectivity index (χ1n) is 6.67. The van der Waals surface area contributed by atoms with Gasteiger partial charge in [-0.2, -0.15) is 31.6 Å². The minimum Gasteiger partial charge on any atom is -0.237 e. The average molecular weight is 372 g/mol. The first-order valence-corrected chi connectivity index (χ1v) is 7.78. The van der Waals surface area contributed by atoms with E-state index < -0.39 is 48.1 Å². The van der Waals surface area contributed by atoms with Gasteiger partial charge in [0.2, 0.25) is 0 Å². The van der Waals surface area contributed by atoms with Crippen molar-refractivity contribution in [2.24, 2.45) is 5.92 Å². The van der Waals surface area contributed by atoms with E-state index in [1.54, 1.807) is 6.07 Å². The molecule has 0 aliphatic heterocycles. The Labute approximate surface area is 137 Å². The number of rotatable bonds is 6. The van der Waals surface area contributed by atoms with Gasteiger partial charge in [0.25, 0.3) is 0 Å². The molecule has 1 rings (SSSR count). The van der Waals surface area contributed by atoms with Crippen LogP contribution in [0.3, 0.4) is 0 Å². The summed E-state index contributed by atoms with van der Waals surface area (Å²) in [5.41, 5.74) is 0. The Balaban J connectivity index is 3.08. The van der Waals surface area contributed by atoms with Crippen molar-refractivity contribution in [3.8, 4) is 6.07 Å². The van der Waals surface area contributed by atoms with Gasteiger partial charge in [-0.3, -0.25) is 0 Å². The minimum atomic E-state index is -4.87. The fourth-order valence-electron chi connectivity index (χ4n) is 2.18. The Hall–Kier alpha value is -1.60. The molecule has 0 aliphatic rings. The molecule has 0 aliphatic carbocycles. The van der Waals surface area contributed by atoms with Crippen LogP contribution in [0.4, 0.5) is 26.3 Å². The van der Waals surface area contributed by atoms with Gasteiger partial charge in [-0.05, 0) is 12.1 Å². The van der Waals surface area contributed by atoms with Crippen LogP contribution in [0.1, 0.15) is 12.8 Å². The highest BCUT2D eigenvalue weighted by atomic mass is 32.2. The molecule has 0 heterocycles. The van der Waals surface area contributed by atoms with Gasteiger partial charge in [0.15, 0.2) is 0 Å². The number of nitrogens with zero attached hydrogens (tertiary/aromatic N) is 2. The van der Waals surface area contributed by atoms with Crippen LogP contribution in [-0.2, 0) is 11.0 Å². The van der Waals surface area contributed by atoms with E-state index in [0.29, 0.717) is 0 Å². The molecule has 0 spiro atoms. The van der Waals surface area contributed by atoms with Crippen molar-refractivity contribution in [1.82, 2.24) is 4.31 Å². The lowest BCUT2D eigenvalue weighted by atomic mass is 9.93. The van der Waals surface area contributed by atoms with Gasteiger partial charge in [-0.1, -0.05) is 18.2 Å². The third kappa shape index (κ3) is 6.49. The van der Waals surface area contributed by atoms with E-state index in [-0.39, 0.29) is 4.90 Å². The summed E-state index contributed by atoms with van der Waals surface area (Å²) in [5, 5.41) is 9.10. The summed E-state index contributed by atoms with van der Waals surface area (Å²) in [6, 6.07) is 7.08. The molecule has 1 aromatic carbocycles.